The molecule has 0 fully saturated rings. The number of rotatable bonds is 1. The fourth-order valence-corrected chi connectivity index (χ4v) is 3.39. The summed E-state index contributed by atoms with van der Waals surface area (Å²) in [6, 6.07) is 6.93. The maximum absolute atomic E-state index is 9.32. The Morgan fingerprint density at radius 2 is 2.28 bits per heavy atom. The number of aromatic amines is 1. The molecule has 2 heterocycles. The summed E-state index contributed by atoms with van der Waals surface area (Å²) < 4.78 is 0. The van der Waals surface area contributed by atoms with Crippen LogP contribution in [-0.2, 0) is 6.42 Å². The van der Waals surface area contributed by atoms with Crippen molar-refractivity contribution in [3.8, 4) is 0 Å². The highest BCUT2D eigenvalue weighted by atomic mass is 16.3. The SMILES string of the molecule is OCC1=C[C@@H]2c3cccc4[nH]cc(c34)CC2NC1. The topological polar surface area (TPSA) is 48.0 Å². The molecule has 18 heavy (non-hydrogen) atoms. The molecule has 1 aliphatic carbocycles. The summed E-state index contributed by atoms with van der Waals surface area (Å²) in [5, 5.41) is 14.3. The number of H-pyrrole nitrogens is 1. The van der Waals surface area contributed by atoms with E-state index in [0.29, 0.717) is 12.0 Å². The Morgan fingerprint density at radius 1 is 1.33 bits per heavy atom. The number of aliphatic hydroxyl groups excluding tert-OH is 1. The van der Waals surface area contributed by atoms with E-state index in [2.05, 4.69) is 40.8 Å². The van der Waals surface area contributed by atoms with Crippen LogP contribution >= 0.6 is 0 Å². The van der Waals surface area contributed by atoms with Crippen LogP contribution in [0, 0.1) is 0 Å². The molecular weight excluding hydrogens is 224 g/mol. The van der Waals surface area contributed by atoms with E-state index in [1.165, 1.54) is 22.0 Å². The van der Waals surface area contributed by atoms with Gasteiger partial charge >= 0.3 is 0 Å². The molecule has 3 heteroatoms. The second kappa shape index (κ2) is 3.70. The van der Waals surface area contributed by atoms with Crippen molar-refractivity contribution < 1.29 is 5.11 Å². The van der Waals surface area contributed by atoms with Gasteiger partial charge in [0.2, 0.25) is 0 Å². The summed E-state index contributed by atoms with van der Waals surface area (Å²) in [5.74, 6) is 0.396. The van der Waals surface area contributed by atoms with Gasteiger partial charge in [-0.2, -0.15) is 0 Å². The van der Waals surface area contributed by atoms with Crippen LogP contribution in [0.2, 0.25) is 0 Å². The third-order valence-electron chi connectivity index (χ3n) is 4.26. The second-order valence-corrected chi connectivity index (χ2v) is 5.28. The van der Waals surface area contributed by atoms with E-state index >= 15 is 0 Å². The van der Waals surface area contributed by atoms with Crippen LogP contribution in [0.5, 0.6) is 0 Å². The van der Waals surface area contributed by atoms with Crippen molar-refractivity contribution in [2.24, 2.45) is 0 Å². The highest BCUT2D eigenvalue weighted by Gasteiger charge is 2.32. The number of fused-ring (bicyclic) bond motifs is 2. The van der Waals surface area contributed by atoms with Gasteiger partial charge in [-0.15, -0.1) is 0 Å². The molecule has 2 aliphatic rings. The maximum atomic E-state index is 9.32. The highest BCUT2D eigenvalue weighted by Crippen LogP contribution is 2.39. The van der Waals surface area contributed by atoms with E-state index in [4.69, 9.17) is 0 Å². The summed E-state index contributed by atoms with van der Waals surface area (Å²) in [7, 11) is 0. The van der Waals surface area contributed by atoms with Crippen LogP contribution in [0.4, 0.5) is 0 Å². The molecule has 0 saturated carbocycles. The first-order chi connectivity index (χ1) is 8.86. The fourth-order valence-electron chi connectivity index (χ4n) is 3.39. The molecule has 1 unspecified atom stereocenters. The zero-order valence-corrected chi connectivity index (χ0v) is 10.1. The zero-order valence-electron chi connectivity index (χ0n) is 10.1. The largest absolute Gasteiger partial charge is 0.392 e. The van der Waals surface area contributed by atoms with Gasteiger partial charge in [0, 0.05) is 35.6 Å². The van der Waals surface area contributed by atoms with Crippen molar-refractivity contribution >= 4 is 10.9 Å². The van der Waals surface area contributed by atoms with E-state index < -0.39 is 0 Å². The number of hydrogen-bond donors (Lipinski definition) is 3. The quantitative estimate of drug-likeness (QED) is 0.664. The lowest BCUT2D eigenvalue weighted by molar-refractivity contribution is 0.317. The number of nitrogens with one attached hydrogen (secondary N) is 2. The van der Waals surface area contributed by atoms with Crippen LogP contribution in [-0.4, -0.2) is 29.3 Å². The van der Waals surface area contributed by atoms with E-state index in [0.717, 1.165) is 18.5 Å². The van der Waals surface area contributed by atoms with E-state index in [-0.39, 0.29) is 6.61 Å². The summed E-state index contributed by atoms with van der Waals surface area (Å²) in [5.41, 5.74) is 5.13. The van der Waals surface area contributed by atoms with Crippen LogP contribution in [0.1, 0.15) is 17.0 Å². The van der Waals surface area contributed by atoms with Crippen LogP contribution in [0.25, 0.3) is 10.9 Å². The van der Waals surface area contributed by atoms with E-state index in [1.807, 2.05) is 0 Å². The summed E-state index contributed by atoms with van der Waals surface area (Å²) in [4.78, 5) is 3.36. The average Bonchev–Trinajstić information content (AvgIpc) is 2.83. The van der Waals surface area contributed by atoms with Crippen molar-refractivity contribution in [1.29, 1.82) is 0 Å². The van der Waals surface area contributed by atoms with Crippen molar-refractivity contribution in [2.45, 2.75) is 18.4 Å². The first-order valence-corrected chi connectivity index (χ1v) is 6.49. The van der Waals surface area contributed by atoms with Crippen molar-refractivity contribution in [2.75, 3.05) is 13.2 Å². The van der Waals surface area contributed by atoms with Gasteiger partial charge in [-0.05, 0) is 29.2 Å². The lowest BCUT2D eigenvalue weighted by Crippen LogP contribution is -2.42. The van der Waals surface area contributed by atoms with Crippen molar-refractivity contribution in [3.05, 3.63) is 47.2 Å². The third kappa shape index (κ3) is 1.32. The van der Waals surface area contributed by atoms with Gasteiger partial charge in [-0.25, -0.2) is 0 Å². The Labute approximate surface area is 106 Å². The first kappa shape index (κ1) is 10.4. The molecule has 0 spiro atoms. The predicted molar refractivity (Wildman–Crippen MR) is 71.7 cm³/mol. The van der Waals surface area contributed by atoms with Gasteiger partial charge in [0.1, 0.15) is 0 Å². The molecule has 3 N–H and O–H groups in total. The van der Waals surface area contributed by atoms with Gasteiger partial charge in [-0.3, -0.25) is 0 Å². The molecule has 92 valence electrons. The van der Waals surface area contributed by atoms with Gasteiger partial charge in [0.25, 0.3) is 0 Å². The number of benzene rings is 1. The second-order valence-electron chi connectivity index (χ2n) is 5.28. The van der Waals surface area contributed by atoms with E-state index in [1.54, 1.807) is 0 Å². The highest BCUT2D eigenvalue weighted by molar-refractivity contribution is 5.88. The first-order valence-electron chi connectivity index (χ1n) is 6.49. The number of hydrogen-bond acceptors (Lipinski definition) is 2. The summed E-state index contributed by atoms with van der Waals surface area (Å²) >= 11 is 0. The number of aliphatic hydroxyl groups is 1. The molecule has 1 aromatic carbocycles. The molecule has 4 rings (SSSR count). The Balaban J connectivity index is 1.94. The number of aromatic nitrogens is 1. The molecular formula is C15H16N2O. The summed E-state index contributed by atoms with van der Waals surface area (Å²) in [6.07, 6.45) is 5.46. The van der Waals surface area contributed by atoms with Crippen molar-refractivity contribution in [1.82, 2.24) is 10.3 Å². The molecule has 0 saturated heterocycles. The smallest absolute Gasteiger partial charge is 0.0654 e. The molecule has 1 aliphatic heterocycles. The molecule has 2 atom stereocenters. The minimum Gasteiger partial charge on any atom is -0.392 e. The molecule has 0 bridgehead atoms. The molecule has 0 radical (unpaired) electrons. The Kier molecular flexibility index (Phi) is 2.13. The Hall–Kier alpha value is -1.58. The minimum atomic E-state index is 0.159. The lowest BCUT2D eigenvalue weighted by Gasteiger charge is -2.35. The molecule has 3 nitrogen and oxygen atoms in total. The zero-order chi connectivity index (χ0) is 12.1. The minimum absolute atomic E-state index is 0.159. The van der Waals surface area contributed by atoms with Crippen LogP contribution in [0.15, 0.2) is 36.0 Å². The standard InChI is InChI=1S/C15H16N2O/c18-8-9-4-12-11-2-1-3-13-15(11)10(7-17-13)5-14(12)16-6-9/h1-4,7,12,14,16-18H,5-6,8H2/t12-,14?/m1/s1. The maximum Gasteiger partial charge on any atom is 0.0654 e. The normalized spacial score (nSPS) is 25.9. The van der Waals surface area contributed by atoms with Gasteiger partial charge in [0.05, 0.1) is 6.61 Å². The summed E-state index contributed by atoms with van der Waals surface area (Å²) in [6.45, 7) is 0.972. The lowest BCUT2D eigenvalue weighted by atomic mass is 9.77. The monoisotopic (exact) mass is 240 g/mol. The van der Waals surface area contributed by atoms with Gasteiger partial charge < -0.3 is 15.4 Å². The fraction of sp³-hybridized carbons (Fsp3) is 0.333. The van der Waals surface area contributed by atoms with Crippen molar-refractivity contribution in [3.63, 3.8) is 0 Å². The predicted octanol–water partition coefficient (Wildman–Crippen LogP) is 1.70. The average molecular weight is 240 g/mol. The third-order valence-corrected chi connectivity index (χ3v) is 4.26. The molecule has 0 amide bonds. The molecule has 1 aromatic heterocycles. The van der Waals surface area contributed by atoms with Gasteiger partial charge in [0.15, 0.2) is 0 Å². The Morgan fingerprint density at radius 3 is 3.17 bits per heavy atom. The van der Waals surface area contributed by atoms with Gasteiger partial charge in [-0.1, -0.05) is 18.2 Å². The Bertz CT molecular complexity index is 641. The van der Waals surface area contributed by atoms with Crippen LogP contribution in [0.3, 0.4) is 0 Å². The molecule has 2 aromatic rings. The van der Waals surface area contributed by atoms with Crippen LogP contribution < -0.4 is 5.32 Å². The van der Waals surface area contributed by atoms with E-state index in [9.17, 15) is 5.11 Å².